The van der Waals surface area contributed by atoms with Gasteiger partial charge < -0.3 is 4.90 Å². The molecule has 2 N–H and O–H groups in total. The maximum absolute atomic E-state index is 12.2. The van der Waals surface area contributed by atoms with Crippen LogP contribution in [0, 0.1) is 6.57 Å². The Labute approximate surface area is 158 Å². The third kappa shape index (κ3) is 5.56. The first-order valence-electron chi connectivity index (χ1n) is 8.35. The topological polar surface area (TPSA) is 69.8 Å². The van der Waals surface area contributed by atoms with Crippen molar-refractivity contribution in [2.45, 2.75) is 13.0 Å². The van der Waals surface area contributed by atoms with E-state index in [9.17, 15) is 4.79 Å². The lowest BCUT2D eigenvalue weighted by Gasteiger charge is -2.08. The normalized spacial score (nSPS) is 11.3. The van der Waals surface area contributed by atoms with Gasteiger partial charge in [0.25, 0.3) is 0 Å². The number of H-pyrrole nitrogens is 1. The Morgan fingerprint density at radius 1 is 1.42 bits per heavy atom. The van der Waals surface area contributed by atoms with Crippen LogP contribution in [0.3, 0.4) is 0 Å². The highest BCUT2D eigenvalue weighted by Gasteiger charge is 2.22. The molecule has 138 valence electrons. The number of hydrogen-bond donors (Lipinski definition) is 2. The van der Waals surface area contributed by atoms with Crippen LogP contribution >= 0.6 is 11.6 Å². The lowest BCUT2D eigenvalue weighted by Crippen LogP contribution is -2.21. The van der Waals surface area contributed by atoms with Crippen molar-refractivity contribution in [3.63, 3.8) is 0 Å². The molecular formula is C18H24ClN6O+. The summed E-state index contributed by atoms with van der Waals surface area (Å²) in [5, 5.41) is 3.80. The minimum absolute atomic E-state index is 0.279. The number of rotatable bonds is 9. The van der Waals surface area contributed by atoms with Crippen LogP contribution in [0.5, 0.6) is 0 Å². The Bertz CT molecular complexity index is 846. The zero-order chi connectivity index (χ0) is 18.9. The van der Waals surface area contributed by atoms with E-state index in [1.54, 1.807) is 12.3 Å². The molecule has 0 bridgehead atoms. The Balaban J connectivity index is 2.02. The quantitative estimate of drug-likeness (QED) is 0.522. The third-order valence-electron chi connectivity index (χ3n) is 3.77. The van der Waals surface area contributed by atoms with Crippen molar-refractivity contribution >= 4 is 23.6 Å². The van der Waals surface area contributed by atoms with Gasteiger partial charge in [-0.15, -0.1) is 0 Å². The standard InChI is InChI=1S/C18H23ClN6O/c1-20-17-16(11-22-13-21-9-6-10-24(2)3)23-18(26)25(17)12-14-7-4-5-8-15(14)19/h1,4-5,7-8,11,21H,6,9-10,12-13H2,2-3H3/p+1/b22-11-. The lowest BCUT2D eigenvalue weighted by atomic mass is 10.2. The third-order valence-corrected chi connectivity index (χ3v) is 4.14. The summed E-state index contributed by atoms with van der Waals surface area (Å²) in [7, 11) is 4.08. The SMILES string of the molecule is C#[N+]c1c(/C=N\CNCCCN(C)C)[nH]c(=O)n1Cc1ccccc1Cl. The molecule has 2 rings (SSSR count). The molecule has 0 aliphatic heterocycles. The molecule has 0 saturated heterocycles. The number of aromatic nitrogens is 2. The average Bonchev–Trinajstić information content (AvgIpc) is 2.90. The van der Waals surface area contributed by atoms with Gasteiger partial charge in [-0.1, -0.05) is 29.8 Å². The van der Waals surface area contributed by atoms with E-state index in [4.69, 9.17) is 18.2 Å². The number of nitrogens with one attached hydrogen (secondary N) is 2. The summed E-state index contributed by atoms with van der Waals surface area (Å²) < 4.78 is 1.44. The van der Waals surface area contributed by atoms with Gasteiger partial charge in [0.05, 0.1) is 12.9 Å². The number of hydrogen-bond acceptors (Lipinski definition) is 4. The molecular weight excluding hydrogens is 352 g/mol. The van der Waals surface area contributed by atoms with E-state index in [1.807, 2.05) is 32.3 Å². The first-order valence-corrected chi connectivity index (χ1v) is 8.73. The van der Waals surface area contributed by atoms with Gasteiger partial charge in [-0.05, 0) is 39.7 Å². The van der Waals surface area contributed by atoms with Crippen LogP contribution in [0.2, 0.25) is 5.02 Å². The molecule has 0 aliphatic carbocycles. The summed E-state index contributed by atoms with van der Waals surface area (Å²) in [6, 6.07) is 7.33. The predicted molar refractivity (Wildman–Crippen MR) is 107 cm³/mol. The molecule has 8 heteroatoms. The number of nitrogens with zero attached hydrogens (tertiary/aromatic N) is 4. The molecule has 1 aromatic carbocycles. The minimum atomic E-state index is -0.311. The van der Waals surface area contributed by atoms with E-state index in [0.717, 1.165) is 25.1 Å². The Morgan fingerprint density at radius 3 is 2.88 bits per heavy atom. The molecule has 0 radical (unpaired) electrons. The molecule has 7 nitrogen and oxygen atoms in total. The zero-order valence-corrected chi connectivity index (χ0v) is 15.8. The fourth-order valence-corrected chi connectivity index (χ4v) is 2.65. The van der Waals surface area contributed by atoms with Gasteiger partial charge in [0.2, 0.25) is 0 Å². The van der Waals surface area contributed by atoms with Crippen molar-refractivity contribution < 1.29 is 0 Å². The van der Waals surface area contributed by atoms with Gasteiger partial charge in [0.15, 0.2) is 5.69 Å². The maximum atomic E-state index is 12.2. The van der Waals surface area contributed by atoms with Crippen LogP contribution in [-0.2, 0) is 6.54 Å². The molecule has 1 aromatic heterocycles. The lowest BCUT2D eigenvalue weighted by molar-refractivity contribution is 0.395. The van der Waals surface area contributed by atoms with E-state index in [1.165, 1.54) is 4.57 Å². The molecule has 2 aromatic rings. The summed E-state index contributed by atoms with van der Waals surface area (Å²) in [4.78, 5) is 25.1. The largest absolute Gasteiger partial charge is 0.414 e. The molecule has 0 unspecified atom stereocenters. The molecule has 0 atom stereocenters. The first-order chi connectivity index (χ1) is 12.5. The number of aliphatic imine (C=N–C) groups is 1. The van der Waals surface area contributed by atoms with Crippen molar-refractivity contribution in [3.05, 3.63) is 55.9 Å². The molecule has 0 saturated carbocycles. The van der Waals surface area contributed by atoms with Crippen molar-refractivity contribution in [2.75, 3.05) is 33.9 Å². The van der Waals surface area contributed by atoms with E-state index in [0.29, 0.717) is 23.2 Å². The van der Waals surface area contributed by atoms with Crippen LogP contribution in [0.1, 0.15) is 17.7 Å². The van der Waals surface area contributed by atoms with Crippen LogP contribution in [0.25, 0.3) is 4.85 Å². The van der Waals surface area contributed by atoms with Crippen LogP contribution in [-0.4, -0.2) is 54.5 Å². The maximum Gasteiger partial charge on any atom is 0.414 e. The second-order valence-corrected chi connectivity index (χ2v) is 6.51. The second-order valence-electron chi connectivity index (χ2n) is 6.10. The minimum Gasteiger partial charge on any atom is -0.309 e. The highest BCUT2D eigenvalue weighted by atomic mass is 35.5. The van der Waals surface area contributed by atoms with Crippen LogP contribution in [0.4, 0.5) is 5.82 Å². The van der Waals surface area contributed by atoms with Crippen LogP contribution < -0.4 is 11.0 Å². The van der Waals surface area contributed by atoms with Gasteiger partial charge in [0, 0.05) is 10.6 Å². The van der Waals surface area contributed by atoms with Crippen molar-refractivity contribution in [3.8, 4) is 6.57 Å². The summed E-state index contributed by atoms with van der Waals surface area (Å²) in [5.41, 5.74) is 0.973. The van der Waals surface area contributed by atoms with Gasteiger partial charge in [-0.2, -0.15) is 9.41 Å². The monoisotopic (exact) mass is 375 g/mol. The summed E-state index contributed by atoms with van der Waals surface area (Å²) in [6.07, 6.45) is 2.60. The molecule has 0 amide bonds. The zero-order valence-electron chi connectivity index (χ0n) is 15.1. The Hall–Kier alpha value is -2.40. The van der Waals surface area contributed by atoms with E-state index in [-0.39, 0.29) is 12.2 Å². The van der Waals surface area contributed by atoms with Crippen molar-refractivity contribution in [1.82, 2.24) is 19.8 Å². The summed E-state index contributed by atoms with van der Waals surface area (Å²) >= 11 is 6.17. The first kappa shape index (κ1) is 19.9. The number of imidazole rings is 1. The van der Waals surface area contributed by atoms with E-state index < -0.39 is 0 Å². The number of halogens is 1. The van der Waals surface area contributed by atoms with Gasteiger partial charge >= 0.3 is 11.5 Å². The molecule has 0 spiro atoms. The summed E-state index contributed by atoms with van der Waals surface area (Å²) in [6.45, 7) is 8.11. The van der Waals surface area contributed by atoms with E-state index >= 15 is 0 Å². The van der Waals surface area contributed by atoms with Crippen molar-refractivity contribution in [2.24, 2.45) is 4.99 Å². The highest BCUT2D eigenvalue weighted by Crippen LogP contribution is 2.20. The highest BCUT2D eigenvalue weighted by molar-refractivity contribution is 6.31. The van der Waals surface area contributed by atoms with Gasteiger partial charge in [-0.3, -0.25) is 15.3 Å². The fourth-order valence-electron chi connectivity index (χ4n) is 2.45. The van der Waals surface area contributed by atoms with Crippen molar-refractivity contribution in [1.29, 1.82) is 0 Å². The van der Waals surface area contributed by atoms with Gasteiger partial charge in [0.1, 0.15) is 13.1 Å². The Kier molecular flexibility index (Phi) is 7.60. The van der Waals surface area contributed by atoms with Gasteiger partial charge in [-0.25, -0.2) is 4.79 Å². The van der Waals surface area contributed by atoms with Crippen LogP contribution in [0.15, 0.2) is 34.1 Å². The fraction of sp³-hybridized carbons (Fsp3) is 0.389. The van der Waals surface area contributed by atoms with E-state index in [2.05, 4.69) is 25.0 Å². The average molecular weight is 376 g/mol. The molecule has 0 fully saturated rings. The predicted octanol–water partition coefficient (Wildman–Crippen LogP) is 2.39. The number of aromatic amines is 1. The second kappa shape index (κ2) is 9.92. The number of benzene rings is 1. The smallest absolute Gasteiger partial charge is 0.309 e. The molecule has 26 heavy (non-hydrogen) atoms. The Morgan fingerprint density at radius 2 is 2.19 bits per heavy atom. The summed E-state index contributed by atoms with van der Waals surface area (Å²) in [5.74, 6) is 0.339. The molecule has 0 aliphatic rings. The molecule has 1 heterocycles.